The van der Waals surface area contributed by atoms with Crippen molar-refractivity contribution in [1.82, 2.24) is 10.6 Å². The molecule has 6 atom stereocenters. The van der Waals surface area contributed by atoms with Crippen molar-refractivity contribution in [2.45, 2.75) is 65.0 Å². The minimum Gasteiger partial charge on any atom is -0.439 e. The smallest absolute Gasteiger partial charge is 0.405 e. The number of benzene rings is 1. The lowest BCUT2D eigenvalue weighted by molar-refractivity contribution is -0.120. The third-order valence-electron chi connectivity index (χ3n) is 9.24. The Morgan fingerprint density at radius 2 is 1.69 bits per heavy atom. The van der Waals surface area contributed by atoms with Crippen LogP contribution >= 0.6 is 23.2 Å². The number of nitrogens with one attached hydrogen (secondary N) is 2. The maximum absolute atomic E-state index is 14.0. The number of methoxy groups -OCH3 is 2. The lowest BCUT2D eigenvalue weighted by Gasteiger charge is -2.30. The molecule has 1 aromatic carbocycles. The zero-order chi connectivity index (χ0) is 40.1. The second-order valence-electron chi connectivity index (χ2n) is 13.3. The zero-order valence-corrected chi connectivity index (χ0v) is 32.9. The summed E-state index contributed by atoms with van der Waals surface area (Å²) >= 11 is 11.9. The first-order valence-electron chi connectivity index (χ1n) is 17.5. The largest absolute Gasteiger partial charge is 0.439 e. The molecule has 3 rings (SSSR count). The highest BCUT2D eigenvalue weighted by Gasteiger charge is 2.34. The lowest BCUT2D eigenvalue weighted by Crippen LogP contribution is -2.38. The van der Waals surface area contributed by atoms with Crippen molar-refractivity contribution in [3.05, 3.63) is 88.3 Å². The predicted octanol–water partition coefficient (Wildman–Crippen LogP) is 4.48. The summed E-state index contributed by atoms with van der Waals surface area (Å²) in [5.41, 5.74) is 6.67. The van der Waals surface area contributed by atoms with E-state index in [1.807, 2.05) is 11.8 Å². The summed E-state index contributed by atoms with van der Waals surface area (Å²) in [7, 11) is 2.86. The van der Waals surface area contributed by atoms with Gasteiger partial charge in [0.05, 0.1) is 23.6 Å². The number of allylic oxidation sites excluding steroid dienone is 4. The van der Waals surface area contributed by atoms with Gasteiger partial charge in [-0.25, -0.2) is 4.79 Å². The summed E-state index contributed by atoms with van der Waals surface area (Å²) in [6, 6.07) is 6.68. The summed E-state index contributed by atoms with van der Waals surface area (Å²) < 4.78 is 16.7. The first kappa shape index (κ1) is 44.1. The van der Waals surface area contributed by atoms with E-state index < -0.39 is 59.8 Å². The van der Waals surface area contributed by atoms with Crippen LogP contribution in [-0.4, -0.2) is 98.1 Å². The van der Waals surface area contributed by atoms with Crippen molar-refractivity contribution in [2.75, 3.05) is 44.0 Å². The number of fused-ring (bicyclic) bond motifs is 2. The van der Waals surface area contributed by atoms with Crippen LogP contribution in [-0.2, 0) is 28.6 Å². The Morgan fingerprint density at radius 3 is 2.26 bits per heavy atom. The van der Waals surface area contributed by atoms with Crippen LogP contribution in [0, 0.1) is 11.8 Å². The Kier molecular flexibility index (Phi) is 17.2. The van der Waals surface area contributed by atoms with Gasteiger partial charge in [-0.05, 0) is 62.4 Å². The van der Waals surface area contributed by atoms with Gasteiger partial charge in [-0.1, -0.05) is 38.2 Å². The van der Waals surface area contributed by atoms with Gasteiger partial charge >= 0.3 is 6.09 Å². The Hall–Kier alpha value is -4.27. The Balaban J connectivity index is 2.05. The van der Waals surface area contributed by atoms with E-state index in [1.54, 1.807) is 50.3 Å². The molecular formula is C39H50Cl2N4O9. The van der Waals surface area contributed by atoms with Gasteiger partial charge in [0.2, 0.25) is 11.6 Å². The molecular weight excluding hydrogens is 739 g/mol. The Labute approximate surface area is 326 Å². The molecule has 13 nitrogen and oxygen atoms in total. The number of carbonyl (C=O) groups is 5. The van der Waals surface area contributed by atoms with Crippen LogP contribution in [0.4, 0.5) is 10.5 Å². The number of aliphatic hydroxyl groups is 1. The van der Waals surface area contributed by atoms with Gasteiger partial charge in [0.1, 0.15) is 6.10 Å². The van der Waals surface area contributed by atoms with Crippen LogP contribution in [0.1, 0.15) is 50.9 Å². The highest BCUT2D eigenvalue weighted by atomic mass is 35.5. The van der Waals surface area contributed by atoms with Crippen molar-refractivity contribution in [1.29, 1.82) is 0 Å². The van der Waals surface area contributed by atoms with Gasteiger partial charge in [0.15, 0.2) is 6.10 Å². The molecule has 2 bridgehead atoms. The third-order valence-corrected chi connectivity index (χ3v) is 9.57. The van der Waals surface area contributed by atoms with Crippen LogP contribution in [0.15, 0.2) is 82.8 Å². The van der Waals surface area contributed by atoms with E-state index in [1.165, 1.54) is 33.3 Å². The first-order valence-corrected chi connectivity index (χ1v) is 18.6. The van der Waals surface area contributed by atoms with E-state index >= 15 is 0 Å². The molecule has 0 spiro atoms. The molecule has 0 saturated heterocycles. The molecule has 3 amide bonds. The van der Waals surface area contributed by atoms with Gasteiger partial charge in [-0.3, -0.25) is 19.2 Å². The topological polar surface area (TPSA) is 187 Å². The van der Waals surface area contributed by atoms with Crippen LogP contribution in [0.2, 0.25) is 0 Å². The molecule has 5 N–H and O–H groups in total. The number of amides is 3. The summed E-state index contributed by atoms with van der Waals surface area (Å²) in [5.74, 6) is -2.72. The first-order chi connectivity index (χ1) is 25.6. The highest BCUT2D eigenvalue weighted by molar-refractivity contribution is 6.25. The number of carbonyl (C=O) groups excluding carboxylic acids is 5. The normalized spacial score (nSPS) is 27.1. The second kappa shape index (κ2) is 21.0. The molecule has 1 aliphatic heterocycles. The third kappa shape index (κ3) is 11.9. The number of alkyl halides is 2. The van der Waals surface area contributed by atoms with Crippen molar-refractivity contribution >= 4 is 58.4 Å². The fourth-order valence-corrected chi connectivity index (χ4v) is 6.71. The highest BCUT2D eigenvalue weighted by Crippen LogP contribution is 2.29. The number of primary amides is 1. The molecule has 0 unspecified atom stereocenters. The fraction of sp³-hybridized carbons (Fsp3) is 0.462. The van der Waals surface area contributed by atoms with Gasteiger partial charge in [-0.15, -0.1) is 23.2 Å². The summed E-state index contributed by atoms with van der Waals surface area (Å²) in [5, 5.41) is 16.6. The molecule has 2 aliphatic rings. The maximum atomic E-state index is 14.0. The summed E-state index contributed by atoms with van der Waals surface area (Å²) in [6.45, 7) is 7.92. The fourth-order valence-electron chi connectivity index (χ4n) is 6.31. The van der Waals surface area contributed by atoms with Crippen LogP contribution in [0.5, 0.6) is 0 Å². The molecule has 15 heteroatoms. The number of ether oxygens (including phenoxy) is 3. The van der Waals surface area contributed by atoms with E-state index in [0.717, 1.165) is 11.8 Å². The van der Waals surface area contributed by atoms with E-state index in [4.69, 9.17) is 43.1 Å². The number of Topliss-reactive ketones (excluding diaryl/α,β-unsaturated/α-hetero) is 1. The monoisotopic (exact) mass is 788 g/mol. The summed E-state index contributed by atoms with van der Waals surface area (Å²) in [6.07, 6.45) is 2.88. The van der Waals surface area contributed by atoms with Gasteiger partial charge < -0.3 is 40.6 Å². The molecule has 0 fully saturated rings. The predicted molar refractivity (Wildman–Crippen MR) is 207 cm³/mol. The number of rotatable bonds is 10. The van der Waals surface area contributed by atoms with Crippen LogP contribution in [0.3, 0.4) is 0 Å². The number of anilines is 1. The van der Waals surface area contributed by atoms with Crippen molar-refractivity contribution in [3.63, 3.8) is 0 Å². The molecule has 1 heterocycles. The van der Waals surface area contributed by atoms with Gasteiger partial charge in [-0.2, -0.15) is 0 Å². The van der Waals surface area contributed by atoms with Crippen LogP contribution < -0.4 is 21.3 Å². The number of nitrogens with two attached hydrogens (primary N) is 1. The molecule has 0 saturated carbocycles. The average Bonchev–Trinajstić information content (AvgIpc) is 3.13. The standard InChI is InChI=1S/C39H50Cl2N4O9/c1-22-18-28-33(44-38(50)26-10-12-27(13-11-26)45(16-14-40)17-15-41)30(46)21-29(35(28)48)43-37(49)23(2)8-7-9-31(52-5)36(54-39(42)51)25(4)20-24(3)34(47)32(19-22)53-6/h7-13,20-22,24,31-32,34,36,47H,14-19H2,1-6H3,(H2,42,51)(H,43,49)(H,44,50)/b9-7-,23-8+,25-20+/t22-,24+,31+,32+,34-,36+/m1/s1. The molecule has 1 aromatic rings. The number of hydrogen-bond acceptors (Lipinski definition) is 10. The lowest BCUT2D eigenvalue weighted by atomic mass is 9.85. The number of nitrogens with zero attached hydrogens (tertiary/aromatic N) is 1. The van der Waals surface area contributed by atoms with E-state index in [2.05, 4.69) is 10.6 Å². The SMILES string of the molecule is CO[C@H]1/C=C\C=C(/C)C(=O)NC2=CC(=O)C(NC(=O)c3ccc(N(CCCl)CCCl)cc3)=C(C[C@@H](C)C[C@H](OC)[C@H](O)[C@@H](C)/C=C(\C)[C@@H]1OC(N)=O)C2=O. The van der Waals surface area contributed by atoms with Gasteiger partial charge in [0.25, 0.3) is 11.8 Å². The maximum Gasteiger partial charge on any atom is 0.405 e. The van der Waals surface area contributed by atoms with Crippen molar-refractivity contribution in [3.8, 4) is 0 Å². The van der Waals surface area contributed by atoms with E-state index in [9.17, 15) is 29.1 Å². The number of aliphatic hydroxyl groups excluding tert-OH is 1. The minimum absolute atomic E-state index is 0.00439. The number of halogens is 2. The van der Waals surface area contributed by atoms with Gasteiger partial charge in [0, 0.05) is 73.5 Å². The van der Waals surface area contributed by atoms with E-state index in [-0.39, 0.29) is 46.9 Å². The Morgan fingerprint density at radius 1 is 1.04 bits per heavy atom. The van der Waals surface area contributed by atoms with Crippen molar-refractivity contribution < 1.29 is 43.3 Å². The van der Waals surface area contributed by atoms with Crippen molar-refractivity contribution in [2.24, 2.45) is 17.6 Å². The molecule has 0 aromatic heterocycles. The average molecular weight is 790 g/mol. The van der Waals surface area contributed by atoms with Crippen LogP contribution in [0.25, 0.3) is 0 Å². The molecule has 1 aliphatic carbocycles. The minimum atomic E-state index is -1.05. The molecule has 0 radical (unpaired) electrons. The quantitative estimate of drug-likeness (QED) is 0.150. The number of hydrogen-bond donors (Lipinski definition) is 4. The molecule has 294 valence electrons. The van der Waals surface area contributed by atoms with E-state index in [0.29, 0.717) is 30.4 Å². The molecule has 54 heavy (non-hydrogen) atoms. The summed E-state index contributed by atoms with van der Waals surface area (Å²) in [4.78, 5) is 68.3. The second-order valence-corrected chi connectivity index (χ2v) is 14.1. The number of ketones is 2. The zero-order valence-electron chi connectivity index (χ0n) is 31.4. The Bertz CT molecular complexity index is 1700.